The van der Waals surface area contributed by atoms with Crippen molar-refractivity contribution < 1.29 is 14.3 Å². The van der Waals surface area contributed by atoms with Crippen molar-refractivity contribution in [2.24, 2.45) is 5.10 Å². The lowest BCUT2D eigenvalue weighted by atomic mass is 9.95. The lowest BCUT2D eigenvalue weighted by Crippen LogP contribution is -2.31. The first-order chi connectivity index (χ1) is 17.9. The van der Waals surface area contributed by atoms with Crippen LogP contribution in [0.4, 0.5) is 5.69 Å². The number of fused-ring (bicyclic) bond motifs is 1. The smallest absolute Gasteiger partial charge is 0.281 e. The average molecular weight is 556 g/mol. The maximum atomic E-state index is 13.5. The maximum absolute atomic E-state index is 13.5. The Bertz CT molecular complexity index is 1490. The Morgan fingerprint density at radius 1 is 1.05 bits per heavy atom. The van der Waals surface area contributed by atoms with Gasteiger partial charge in [-0.05, 0) is 46.7 Å². The van der Waals surface area contributed by atoms with Crippen molar-refractivity contribution in [3.8, 4) is 5.75 Å². The summed E-state index contributed by atoms with van der Waals surface area (Å²) in [7, 11) is 3.99. The minimum Gasteiger partial charge on any atom is -0.483 e. The van der Waals surface area contributed by atoms with Crippen LogP contribution in [0.15, 0.2) is 94.5 Å². The number of hydrogen-bond donors (Lipinski definition) is 0. The van der Waals surface area contributed by atoms with Crippen molar-refractivity contribution in [2.75, 3.05) is 25.6 Å². The molecular formula is C30H26BrN3O3. The molecule has 1 amide bonds. The molecule has 0 aromatic heterocycles. The predicted molar refractivity (Wildman–Crippen MR) is 150 cm³/mol. The first kappa shape index (κ1) is 24.7. The molecule has 0 radical (unpaired) electrons. The number of anilines is 1. The van der Waals surface area contributed by atoms with Crippen molar-refractivity contribution in [2.45, 2.75) is 12.5 Å². The van der Waals surface area contributed by atoms with Crippen molar-refractivity contribution in [1.82, 2.24) is 5.01 Å². The highest BCUT2D eigenvalue weighted by Crippen LogP contribution is 2.35. The number of carbonyl (C=O) groups excluding carboxylic acids is 2. The van der Waals surface area contributed by atoms with E-state index in [-0.39, 0.29) is 18.6 Å². The minimum absolute atomic E-state index is 0.235. The topological polar surface area (TPSA) is 62.2 Å². The van der Waals surface area contributed by atoms with E-state index in [9.17, 15) is 9.59 Å². The highest BCUT2D eigenvalue weighted by Gasteiger charge is 2.34. The van der Waals surface area contributed by atoms with Crippen LogP contribution in [-0.4, -0.2) is 43.6 Å². The van der Waals surface area contributed by atoms with Gasteiger partial charge >= 0.3 is 0 Å². The SMILES string of the molecule is CN(C)c1ccc(C2CC(c3cccc4ccccc34)=NN2C(=O)COc2ccc(Br)cc2C=O)cc1. The van der Waals surface area contributed by atoms with Crippen molar-refractivity contribution in [3.63, 3.8) is 0 Å². The number of rotatable bonds is 7. The van der Waals surface area contributed by atoms with Gasteiger partial charge in [0.05, 0.1) is 17.3 Å². The van der Waals surface area contributed by atoms with Crippen molar-refractivity contribution >= 4 is 50.3 Å². The zero-order valence-corrected chi connectivity index (χ0v) is 22.2. The van der Waals surface area contributed by atoms with Gasteiger partial charge in [0, 0.05) is 36.2 Å². The monoisotopic (exact) mass is 555 g/mol. The van der Waals surface area contributed by atoms with Gasteiger partial charge in [-0.2, -0.15) is 5.10 Å². The van der Waals surface area contributed by atoms with Gasteiger partial charge in [0.25, 0.3) is 5.91 Å². The van der Waals surface area contributed by atoms with Gasteiger partial charge in [0.15, 0.2) is 12.9 Å². The van der Waals surface area contributed by atoms with E-state index in [1.807, 2.05) is 61.5 Å². The van der Waals surface area contributed by atoms with Gasteiger partial charge in [0.1, 0.15) is 5.75 Å². The molecule has 186 valence electrons. The predicted octanol–water partition coefficient (Wildman–Crippen LogP) is 6.24. The van der Waals surface area contributed by atoms with E-state index < -0.39 is 0 Å². The molecule has 7 heteroatoms. The third-order valence-electron chi connectivity index (χ3n) is 6.51. The molecule has 37 heavy (non-hydrogen) atoms. The quantitative estimate of drug-likeness (QED) is 0.253. The summed E-state index contributed by atoms with van der Waals surface area (Å²) in [4.78, 5) is 27.0. The molecule has 1 atom stereocenters. The van der Waals surface area contributed by atoms with E-state index >= 15 is 0 Å². The molecule has 1 aliphatic rings. The van der Waals surface area contributed by atoms with E-state index in [2.05, 4.69) is 40.2 Å². The molecule has 1 heterocycles. The first-order valence-electron chi connectivity index (χ1n) is 12.0. The molecule has 1 unspecified atom stereocenters. The Morgan fingerprint density at radius 2 is 1.81 bits per heavy atom. The normalized spacial score (nSPS) is 14.9. The molecule has 6 nitrogen and oxygen atoms in total. The Balaban J connectivity index is 1.47. The molecule has 0 saturated heterocycles. The summed E-state index contributed by atoms with van der Waals surface area (Å²) in [6.07, 6.45) is 1.30. The van der Waals surface area contributed by atoms with Crippen molar-refractivity contribution in [1.29, 1.82) is 0 Å². The Kier molecular flexibility index (Phi) is 7.06. The number of aldehydes is 1. The van der Waals surface area contributed by atoms with Crippen LogP contribution in [0.2, 0.25) is 0 Å². The van der Waals surface area contributed by atoms with E-state index in [0.717, 1.165) is 37.8 Å². The third-order valence-corrected chi connectivity index (χ3v) is 7.00. The zero-order valence-electron chi connectivity index (χ0n) is 20.6. The van der Waals surface area contributed by atoms with Gasteiger partial charge in [0.2, 0.25) is 0 Å². The van der Waals surface area contributed by atoms with Crippen LogP contribution in [0, 0.1) is 0 Å². The van der Waals surface area contributed by atoms with Crippen LogP contribution >= 0.6 is 15.9 Å². The molecular weight excluding hydrogens is 530 g/mol. The summed E-state index contributed by atoms with van der Waals surface area (Å²) in [6.45, 7) is -0.235. The first-order valence-corrected chi connectivity index (χ1v) is 12.8. The fourth-order valence-corrected chi connectivity index (χ4v) is 4.96. The van der Waals surface area contributed by atoms with Gasteiger partial charge in [-0.3, -0.25) is 9.59 Å². The van der Waals surface area contributed by atoms with Gasteiger partial charge in [-0.25, -0.2) is 5.01 Å². The lowest BCUT2D eigenvalue weighted by Gasteiger charge is -2.23. The summed E-state index contributed by atoms with van der Waals surface area (Å²) in [5.41, 5.74) is 4.31. The number of hydrazone groups is 1. The fraction of sp³-hybridized carbons (Fsp3) is 0.167. The van der Waals surface area contributed by atoms with Crippen LogP contribution < -0.4 is 9.64 Å². The molecule has 1 aliphatic heterocycles. The number of amides is 1. The number of nitrogens with zero attached hydrogens (tertiary/aromatic N) is 3. The second-order valence-electron chi connectivity index (χ2n) is 9.11. The van der Waals surface area contributed by atoms with Gasteiger partial charge in [-0.15, -0.1) is 0 Å². The largest absolute Gasteiger partial charge is 0.483 e. The number of halogens is 1. The number of ether oxygens (including phenoxy) is 1. The second kappa shape index (κ2) is 10.6. The molecule has 0 saturated carbocycles. The number of hydrogen-bond acceptors (Lipinski definition) is 5. The molecule has 0 spiro atoms. The molecule has 0 N–H and O–H groups in total. The highest BCUT2D eigenvalue weighted by molar-refractivity contribution is 9.10. The summed E-state index contributed by atoms with van der Waals surface area (Å²) in [6, 6.07) is 27.3. The van der Waals surface area contributed by atoms with Crippen LogP contribution in [0.3, 0.4) is 0 Å². The summed E-state index contributed by atoms with van der Waals surface area (Å²) >= 11 is 3.35. The van der Waals surface area contributed by atoms with Gasteiger partial charge in [-0.1, -0.05) is 70.5 Å². The fourth-order valence-electron chi connectivity index (χ4n) is 4.58. The standard InChI is InChI=1S/C30H26BrN3O3/c1-33(2)24-13-10-21(11-14-24)28-17-27(26-9-5-7-20-6-3-4-8-25(20)26)32-34(28)30(36)19-37-29-15-12-23(31)16-22(29)18-35/h3-16,18,28H,17,19H2,1-2H3. The molecule has 0 bridgehead atoms. The number of carbonyl (C=O) groups is 2. The van der Waals surface area contributed by atoms with Crippen LogP contribution in [-0.2, 0) is 4.79 Å². The summed E-state index contributed by atoms with van der Waals surface area (Å²) < 4.78 is 6.55. The molecule has 0 fully saturated rings. The van der Waals surface area contributed by atoms with E-state index in [1.165, 1.54) is 5.01 Å². The van der Waals surface area contributed by atoms with Gasteiger partial charge < -0.3 is 9.64 Å². The van der Waals surface area contributed by atoms with E-state index in [1.54, 1.807) is 18.2 Å². The minimum atomic E-state index is -0.281. The van der Waals surface area contributed by atoms with Crippen LogP contribution in [0.25, 0.3) is 10.8 Å². The number of benzene rings is 4. The third kappa shape index (κ3) is 5.13. The Morgan fingerprint density at radius 3 is 2.57 bits per heavy atom. The second-order valence-corrected chi connectivity index (χ2v) is 10.0. The molecule has 4 aromatic carbocycles. The van der Waals surface area contributed by atoms with Crippen LogP contribution in [0.1, 0.15) is 33.9 Å². The summed E-state index contributed by atoms with van der Waals surface area (Å²) in [5.74, 6) is 0.0765. The Hall–Kier alpha value is -3.97. The summed E-state index contributed by atoms with van der Waals surface area (Å²) in [5, 5.41) is 8.58. The average Bonchev–Trinajstić information content (AvgIpc) is 3.37. The zero-order chi connectivity index (χ0) is 25.9. The maximum Gasteiger partial charge on any atom is 0.281 e. The van der Waals surface area contributed by atoms with Crippen molar-refractivity contribution in [3.05, 3.63) is 106 Å². The van der Waals surface area contributed by atoms with E-state index in [0.29, 0.717) is 24.0 Å². The highest BCUT2D eigenvalue weighted by atomic mass is 79.9. The molecule has 5 rings (SSSR count). The lowest BCUT2D eigenvalue weighted by molar-refractivity contribution is -0.135. The Labute approximate surface area is 224 Å². The van der Waals surface area contributed by atoms with E-state index in [4.69, 9.17) is 9.84 Å². The molecule has 0 aliphatic carbocycles. The van der Waals surface area contributed by atoms with Crippen LogP contribution in [0.5, 0.6) is 5.75 Å². The molecule has 4 aromatic rings.